The molecule has 2 aromatic carbocycles. The molecule has 1 atom stereocenters. The zero-order chi connectivity index (χ0) is 20.7. The summed E-state index contributed by atoms with van der Waals surface area (Å²) >= 11 is 0. The quantitative estimate of drug-likeness (QED) is 0.743. The predicted octanol–water partition coefficient (Wildman–Crippen LogP) is 4.09. The second-order valence-corrected chi connectivity index (χ2v) is 6.79. The minimum Gasteiger partial charge on any atom is -0.481 e. The molecule has 0 radical (unpaired) electrons. The molecule has 0 aliphatic heterocycles. The summed E-state index contributed by atoms with van der Waals surface area (Å²) in [6.45, 7) is 7.28. The minimum atomic E-state index is -0.530. The number of para-hydroxylation sites is 1. The van der Waals surface area contributed by atoms with Crippen LogP contribution in [0.3, 0.4) is 0 Å². The summed E-state index contributed by atoms with van der Waals surface area (Å²) in [6.07, 6.45) is 0.683. The van der Waals surface area contributed by atoms with Gasteiger partial charge in [-0.05, 0) is 56.5 Å². The Balaban J connectivity index is 2.04. The largest absolute Gasteiger partial charge is 0.481 e. The van der Waals surface area contributed by atoms with Crippen LogP contribution < -0.4 is 10.1 Å². The Labute approximate surface area is 165 Å². The van der Waals surface area contributed by atoms with E-state index in [-0.39, 0.29) is 36.8 Å². The number of carbonyl (C=O) groups is 2. The molecule has 0 aliphatic rings. The van der Waals surface area contributed by atoms with Gasteiger partial charge in [-0.2, -0.15) is 0 Å². The predicted molar refractivity (Wildman–Crippen MR) is 108 cm³/mol. The van der Waals surface area contributed by atoms with Crippen LogP contribution in [-0.2, 0) is 9.59 Å². The number of nitrogens with zero attached hydrogens (tertiary/aromatic N) is 1. The lowest BCUT2D eigenvalue weighted by molar-refractivity contribution is -0.138. The van der Waals surface area contributed by atoms with E-state index in [0.29, 0.717) is 6.42 Å². The van der Waals surface area contributed by atoms with Gasteiger partial charge in [0.1, 0.15) is 6.54 Å². The average molecular weight is 386 g/mol. The highest BCUT2D eigenvalue weighted by Crippen LogP contribution is 2.18. The summed E-state index contributed by atoms with van der Waals surface area (Å²) in [5.74, 6) is -1.17. The Bertz CT molecular complexity index is 838. The number of nitrogens with one attached hydrogen (secondary N) is 1. The maximum Gasteiger partial charge on any atom is 0.261 e. The van der Waals surface area contributed by atoms with Crippen LogP contribution >= 0.6 is 0 Å². The molecule has 28 heavy (non-hydrogen) atoms. The number of aryl methyl sites for hydroxylation is 1. The number of hydrogen-bond donors (Lipinski definition) is 1. The van der Waals surface area contributed by atoms with Gasteiger partial charge in [0.05, 0.1) is 0 Å². The third-order valence-electron chi connectivity index (χ3n) is 4.82. The van der Waals surface area contributed by atoms with E-state index in [1.807, 2.05) is 45.9 Å². The molecule has 0 bridgehead atoms. The third-order valence-corrected chi connectivity index (χ3v) is 4.82. The molecule has 0 aliphatic carbocycles. The molecule has 0 fully saturated rings. The number of anilines is 1. The molecule has 0 spiro atoms. The molecule has 1 N–H and O–H groups in total. The highest BCUT2D eigenvalue weighted by atomic mass is 19.1. The van der Waals surface area contributed by atoms with Gasteiger partial charge in [0.15, 0.2) is 18.2 Å². The number of benzene rings is 2. The van der Waals surface area contributed by atoms with Crippen LogP contribution in [0.2, 0.25) is 0 Å². The van der Waals surface area contributed by atoms with Crippen LogP contribution in [0.1, 0.15) is 31.4 Å². The van der Waals surface area contributed by atoms with Gasteiger partial charge in [-0.1, -0.05) is 31.2 Å². The van der Waals surface area contributed by atoms with Crippen molar-refractivity contribution < 1.29 is 18.7 Å². The summed E-state index contributed by atoms with van der Waals surface area (Å²) < 4.78 is 19.0. The van der Waals surface area contributed by atoms with Gasteiger partial charge in [0.25, 0.3) is 5.91 Å². The van der Waals surface area contributed by atoms with E-state index >= 15 is 0 Å². The second kappa shape index (κ2) is 9.88. The van der Waals surface area contributed by atoms with Crippen molar-refractivity contribution in [1.82, 2.24) is 4.90 Å². The molecular weight excluding hydrogens is 359 g/mol. The monoisotopic (exact) mass is 386 g/mol. The van der Waals surface area contributed by atoms with E-state index in [2.05, 4.69) is 5.32 Å². The van der Waals surface area contributed by atoms with Crippen molar-refractivity contribution in [3.05, 3.63) is 59.4 Å². The lowest BCUT2D eigenvalue weighted by Crippen LogP contribution is -2.45. The van der Waals surface area contributed by atoms with E-state index in [9.17, 15) is 14.0 Å². The van der Waals surface area contributed by atoms with Crippen molar-refractivity contribution in [3.63, 3.8) is 0 Å². The Morgan fingerprint density at radius 3 is 2.54 bits per heavy atom. The smallest absolute Gasteiger partial charge is 0.261 e. The SMILES string of the molecule is CCC(C)N(CC(=O)Nc1cccc(C)c1C)C(=O)COc1ccccc1F. The van der Waals surface area contributed by atoms with Gasteiger partial charge in [0, 0.05) is 11.7 Å². The maximum absolute atomic E-state index is 13.7. The number of amides is 2. The first-order valence-corrected chi connectivity index (χ1v) is 9.36. The number of ether oxygens (including phenoxy) is 1. The van der Waals surface area contributed by atoms with Crippen LogP contribution in [-0.4, -0.2) is 35.9 Å². The summed E-state index contributed by atoms with van der Waals surface area (Å²) in [5.41, 5.74) is 2.79. The zero-order valence-corrected chi connectivity index (χ0v) is 16.8. The molecule has 2 rings (SSSR count). The zero-order valence-electron chi connectivity index (χ0n) is 16.8. The van der Waals surface area contributed by atoms with Crippen LogP contribution in [0.25, 0.3) is 0 Å². The first-order valence-electron chi connectivity index (χ1n) is 9.36. The highest BCUT2D eigenvalue weighted by Gasteiger charge is 2.23. The van der Waals surface area contributed by atoms with Gasteiger partial charge < -0.3 is 15.0 Å². The fraction of sp³-hybridized carbons (Fsp3) is 0.364. The van der Waals surface area contributed by atoms with Crippen LogP contribution in [0, 0.1) is 19.7 Å². The first kappa shape index (κ1) is 21.4. The molecule has 6 heteroatoms. The number of carbonyl (C=O) groups excluding carboxylic acids is 2. The second-order valence-electron chi connectivity index (χ2n) is 6.79. The Hall–Kier alpha value is -2.89. The molecule has 1 unspecified atom stereocenters. The molecule has 2 amide bonds. The van der Waals surface area contributed by atoms with Gasteiger partial charge in [0.2, 0.25) is 5.91 Å². The first-order chi connectivity index (χ1) is 13.3. The van der Waals surface area contributed by atoms with Gasteiger partial charge in [-0.25, -0.2) is 4.39 Å². The van der Waals surface area contributed by atoms with Gasteiger partial charge >= 0.3 is 0 Å². The van der Waals surface area contributed by atoms with E-state index in [1.54, 1.807) is 12.1 Å². The van der Waals surface area contributed by atoms with E-state index < -0.39 is 5.82 Å². The lowest BCUT2D eigenvalue weighted by atomic mass is 10.1. The lowest BCUT2D eigenvalue weighted by Gasteiger charge is -2.28. The van der Waals surface area contributed by atoms with Gasteiger partial charge in [-0.3, -0.25) is 9.59 Å². The topological polar surface area (TPSA) is 58.6 Å². The van der Waals surface area contributed by atoms with Crippen molar-refractivity contribution >= 4 is 17.5 Å². The average Bonchev–Trinajstić information content (AvgIpc) is 2.68. The van der Waals surface area contributed by atoms with Crippen molar-refractivity contribution in [2.75, 3.05) is 18.5 Å². The summed E-state index contributed by atoms with van der Waals surface area (Å²) in [5, 5.41) is 2.86. The molecule has 5 nitrogen and oxygen atoms in total. The van der Waals surface area contributed by atoms with E-state index in [4.69, 9.17) is 4.74 Å². The number of halogens is 1. The molecule has 150 valence electrons. The Kier molecular flexibility index (Phi) is 7.55. The Morgan fingerprint density at radius 2 is 1.86 bits per heavy atom. The highest BCUT2D eigenvalue weighted by molar-refractivity contribution is 5.95. The third kappa shape index (κ3) is 5.55. The molecule has 0 heterocycles. The Morgan fingerprint density at radius 1 is 1.14 bits per heavy atom. The molecule has 0 saturated heterocycles. The van der Waals surface area contributed by atoms with Crippen molar-refractivity contribution in [2.24, 2.45) is 0 Å². The summed E-state index contributed by atoms with van der Waals surface area (Å²) in [7, 11) is 0. The van der Waals surface area contributed by atoms with Crippen molar-refractivity contribution in [3.8, 4) is 5.75 Å². The summed E-state index contributed by atoms with van der Waals surface area (Å²) in [4.78, 5) is 26.6. The van der Waals surface area contributed by atoms with E-state index in [1.165, 1.54) is 17.0 Å². The van der Waals surface area contributed by atoms with E-state index in [0.717, 1.165) is 16.8 Å². The fourth-order valence-electron chi connectivity index (χ4n) is 2.73. The van der Waals surface area contributed by atoms with Crippen molar-refractivity contribution in [1.29, 1.82) is 0 Å². The minimum absolute atomic E-state index is 0.0137. The van der Waals surface area contributed by atoms with Crippen LogP contribution in [0.5, 0.6) is 5.75 Å². The fourth-order valence-corrected chi connectivity index (χ4v) is 2.73. The number of rotatable bonds is 8. The molecule has 2 aromatic rings. The van der Waals surface area contributed by atoms with Crippen LogP contribution in [0.4, 0.5) is 10.1 Å². The maximum atomic E-state index is 13.7. The molecular formula is C22H27FN2O3. The van der Waals surface area contributed by atoms with Gasteiger partial charge in [-0.15, -0.1) is 0 Å². The molecule has 0 saturated carbocycles. The van der Waals surface area contributed by atoms with Crippen LogP contribution in [0.15, 0.2) is 42.5 Å². The number of hydrogen-bond acceptors (Lipinski definition) is 3. The molecule has 0 aromatic heterocycles. The summed E-state index contributed by atoms with van der Waals surface area (Å²) in [6, 6.07) is 11.4. The normalized spacial score (nSPS) is 11.6. The standard InChI is InChI=1S/C22H27FN2O3/c1-5-16(3)25(22(27)14-28-20-12-7-6-10-18(20)23)13-21(26)24-19-11-8-9-15(2)17(19)4/h6-12,16H,5,13-14H2,1-4H3,(H,24,26). The van der Waals surface area contributed by atoms with Crippen molar-refractivity contribution in [2.45, 2.75) is 40.2 Å².